The Morgan fingerprint density at radius 1 is 1.11 bits per heavy atom. The highest BCUT2D eigenvalue weighted by atomic mass is 16.1. The lowest BCUT2D eigenvalue weighted by Crippen LogP contribution is -2.33. The molecule has 4 heteroatoms. The van der Waals surface area contributed by atoms with Crippen molar-refractivity contribution in [3.63, 3.8) is 0 Å². The Hall–Kier alpha value is -2.62. The molecule has 2 saturated carbocycles. The summed E-state index contributed by atoms with van der Waals surface area (Å²) in [5, 5.41) is 3.32. The summed E-state index contributed by atoms with van der Waals surface area (Å²) in [5.41, 5.74) is 3.12. The van der Waals surface area contributed by atoms with Crippen LogP contribution in [0.15, 0.2) is 54.6 Å². The molecule has 144 valence electrons. The summed E-state index contributed by atoms with van der Waals surface area (Å²) in [7, 11) is 2.03. The van der Waals surface area contributed by atoms with E-state index in [1.165, 1.54) is 25.7 Å². The molecule has 1 aromatic heterocycles. The number of carbonyl (C=O) groups excluding carboxylic acids is 1. The minimum atomic E-state index is -0.232. The highest BCUT2D eigenvalue weighted by Gasteiger charge is 2.40. The fourth-order valence-corrected chi connectivity index (χ4v) is 5.45. The monoisotopic (exact) mass is 373 g/mol. The number of nitrogens with zero attached hydrogens (tertiary/aromatic N) is 2. The van der Waals surface area contributed by atoms with Gasteiger partial charge >= 0.3 is 0 Å². The topological polar surface area (TPSA) is 46.9 Å². The lowest BCUT2D eigenvalue weighted by Gasteiger charge is -2.24. The van der Waals surface area contributed by atoms with Crippen LogP contribution in [-0.4, -0.2) is 15.5 Å². The van der Waals surface area contributed by atoms with E-state index in [4.69, 9.17) is 4.98 Å². The molecule has 4 atom stereocenters. The highest BCUT2D eigenvalue weighted by Crippen LogP contribution is 2.49. The molecular formula is C24H27N3O. The van der Waals surface area contributed by atoms with E-state index in [0.717, 1.165) is 34.3 Å². The molecule has 1 amide bonds. The highest BCUT2D eigenvalue weighted by molar-refractivity contribution is 5.79. The second kappa shape index (κ2) is 7.08. The second-order valence-electron chi connectivity index (χ2n) is 8.57. The second-order valence-corrected chi connectivity index (χ2v) is 8.57. The van der Waals surface area contributed by atoms with Gasteiger partial charge in [-0.05, 0) is 54.7 Å². The number of aryl methyl sites for hydroxylation is 1. The van der Waals surface area contributed by atoms with E-state index in [2.05, 4.69) is 28.1 Å². The third-order valence-corrected chi connectivity index (χ3v) is 6.85. The first-order chi connectivity index (χ1) is 13.7. The van der Waals surface area contributed by atoms with Crippen molar-refractivity contribution >= 4 is 16.9 Å². The SMILES string of the molecule is Cn1c([C@@H](NC(=O)C[C@@H]2C[C@H]3CC[C@H]2C3)c2ccccc2)nc2ccccc21. The third kappa shape index (κ3) is 3.11. The number of amides is 1. The quantitative estimate of drug-likeness (QED) is 0.710. The summed E-state index contributed by atoms with van der Waals surface area (Å²) in [6.45, 7) is 0. The van der Waals surface area contributed by atoms with Gasteiger partial charge in [0.2, 0.25) is 5.91 Å². The average Bonchev–Trinajstić information content (AvgIpc) is 3.42. The Bertz CT molecular complexity index is 994. The molecule has 0 aliphatic heterocycles. The van der Waals surface area contributed by atoms with Gasteiger partial charge < -0.3 is 9.88 Å². The number of carbonyl (C=O) groups is 1. The van der Waals surface area contributed by atoms with Crippen molar-refractivity contribution in [2.24, 2.45) is 24.8 Å². The number of nitrogens with one attached hydrogen (secondary N) is 1. The van der Waals surface area contributed by atoms with Crippen LogP contribution in [0.5, 0.6) is 0 Å². The summed E-state index contributed by atoms with van der Waals surface area (Å²) in [4.78, 5) is 17.9. The minimum Gasteiger partial charge on any atom is -0.342 e. The van der Waals surface area contributed by atoms with Crippen LogP contribution in [0.2, 0.25) is 0 Å². The van der Waals surface area contributed by atoms with Crippen molar-refractivity contribution in [2.75, 3.05) is 0 Å². The van der Waals surface area contributed by atoms with E-state index in [1.807, 2.05) is 43.4 Å². The Kier molecular flexibility index (Phi) is 4.42. The van der Waals surface area contributed by atoms with E-state index in [9.17, 15) is 4.79 Å². The molecule has 5 rings (SSSR count). The molecule has 2 aromatic carbocycles. The van der Waals surface area contributed by atoms with Crippen LogP contribution in [0.25, 0.3) is 11.0 Å². The maximum Gasteiger partial charge on any atom is 0.221 e. The maximum atomic E-state index is 13.0. The van der Waals surface area contributed by atoms with Crippen molar-refractivity contribution in [2.45, 2.75) is 38.1 Å². The third-order valence-electron chi connectivity index (χ3n) is 6.85. The van der Waals surface area contributed by atoms with Gasteiger partial charge in [-0.2, -0.15) is 0 Å². The van der Waals surface area contributed by atoms with E-state index in [0.29, 0.717) is 12.3 Å². The van der Waals surface area contributed by atoms with Gasteiger partial charge in [0.25, 0.3) is 0 Å². The number of benzene rings is 2. The smallest absolute Gasteiger partial charge is 0.221 e. The molecule has 0 radical (unpaired) electrons. The Labute approximate surface area is 166 Å². The predicted octanol–water partition coefficient (Wildman–Crippen LogP) is 4.61. The van der Waals surface area contributed by atoms with E-state index < -0.39 is 0 Å². The van der Waals surface area contributed by atoms with Gasteiger partial charge in [-0.15, -0.1) is 0 Å². The molecule has 2 aliphatic rings. The molecule has 4 nitrogen and oxygen atoms in total. The van der Waals surface area contributed by atoms with Gasteiger partial charge in [-0.1, -0.05) is 48.9 Å². The van der Waals surface area contributed by atoms with E-state index in [-0.39, 0.29) is 11.9 Å². The van der Waals surface area contributed by atoms with Crippen LogP contribution in [0.1, 0.15) is 49.5 Å². The number of rotatable bonds is 5. The van der Waals surface area contributed by atoms with Crippen LogP contribution in [0.3, 0.4) is 0 Å². The number of imidazole rings is 1. The van der Waals surface area contributed by atoms with E-state index >= 15 is 0 Å². The summed E-state index contributed by atoms with van der Waals surface area (Å²) in [6.07, 6.45) is 5.91. The van der Waals surface area contributed by atoms with Crippen LogP contribution < -0.4 is 5.32 Å². The molecule has 1 heterocycles. The van der Waals surface area contributed by atoms with Gasteiger partial charge in [0.1, 0.15) is 11.9 Å². The zero-order valence-corrected chi connectivity index (χ0v) is 16.3. The average molecular weight is 374 g/mol. The molecule has 0 spiro atoms. The lowest BCUT2D eigenvalue weighted by atomic mass is 9.86. The zero-order valence-electron chi connectivity index (χ0n) is 16.3. The van der Waals surface area contributed by atoms with Gasteiger partial charge in [0, 0.05) is 13.5 Å². The van der Waals surface area contributed by atoms with Gasteiger partial charge in [-0.25, -0.2) is 4.98 Å². The summed E-state index contributed by atoms with van der Waals surface area (Å²) >= 11 is 0. The number of hydrogen-bond donors (Lipinski definition) is 1. The number of hydrogen-bond acceptors (Lipinski definition) is 2. The first kappa shape index (κ1) is 17.5. The first-order valence-corrected chi connectivity index (χ1v) is 10.4. The van der Waals surface area contributed by atoms with Crippen LogP contribution in [-0.2, 0) is 11.8 Å². The number of aromatic nitrogens is 2. The molecule has 28 heavy (non-hydrogen) atoms. The van der Waals surface area contributed by atoms with Gasteiger partial charge in [0.15, 0.2) is 0 Å². The molecular weight excluding hydrogens is 346 g/mol. The molecule has 2 fully saturated rings. The number of para-hydroxylation sites is 2. The minimum absolute atomic E-state index is 0.151. The molecule has 1 N–H and O–H groups in total. The maximum absolute atomic E-state index is 13.0. The zero-order chi connectivity index (χ0) is 19.1. The van der Waals surface area contributed by atoms with Crippen molar-refractivity contribution < 1.29 is 4.79 Å². The molecule has 3 aromatic rings. The van der Waals surface area contributed by atoms with Crippen LogP contribution in [0, 0.1) is 17.8 Å². The van der Waals surface area contributed by atoms with Crippen LogP contribution in [0.4, 0.5) is 0 Å². The number of fused-ring (bicyclic) bond motifs is 3. The summed E-state index contributed by atoms with van der Waals surface area (Å²) in [6, 6.07) is 18.1. The predicted molar refractivity (Wildman–Crippen MR) is 111 cm³/mol. The lowest BCUT2D eigenvalue weighted by molar-refractivity contribution is -0.123. The summed E-state index contributed by atoms with van der Waals surface area (Å²) in [5.74, 6) is 3.23. The molecule has 2 bridgehead atoms. The molecule has 2 aliphatic carbocycles. The molecule has 0 saturated heterocycles. The molecule has 0 unspecified atom stereocenters. The van der Waals surface area contributed by atoms with Crippen molar-refractivity contribution in [1.82, 2.24) is 14.9 Å². The Balaban J connectivity index is 1.43. The normalized spacial score (nSPS) is 24.5. The summed E-state index contributed by atoms with van der Waals surface area (Å²) < 4.78 is 2.10. The van der Waals surface area contributed by atoms with Crippen molar-refractivity contribution in [3.05, 3.63) is 66.0 Å². The van der Waals surface area contributed by atoms with Gasteiger partial charge in [-0.3, -0.25) is 4.79 Å². The van der Waals surface area contributed by atoms with Crippen LogP contribution >= 0.6 is 0 Å². The van der Waals surface area contributed by atoms with Crippen molar-refractivity contribution in [3.8, 4) is 0 Å². The van der Waals surface area contributed by atoms with E-state index in [1.54, 1.807) is 0 Å². The standard InChI is InChI=1S/C24H27N3O/c1-27-21-10-6-5-9-20(21)25-24(27)23(17-7-3-2-4-8-17)26-22(28)15-19-14-16-11-12-18(19)13-16/h2-10,16,18-19,23H,11-15H2,1H3,(H,26,28)/t16-,18-,19-,23-/m0/s1. The van der Waals surface area contributed by atoms with Crippen molar-refractivity contribution in [1.29, 1.82) is 0 Å². The first-order valence-electron chi connectivity index (χ1n) is 10.4. The fourth-order valence-electron chi connectivity index (χ4n) is 5.45. The fraction of sp³-hybridized carbons (Fsp3) is 0.417. The van der Waals surface area contributed by atoms with Gasteiger partial charge in [0.05, 0.1) is 11.0 Å². The largest absolute Gasteiger partial charge is 0.342 e. The Morgan fingerprint density at radius 2 is 1.89 bits per heavy atom. The Morgan fingerprint density at radius 3 is 2.61 bits per heavy atom.